The normalized spacial score (nSPS) is 14.4. The summed E-state index contributed by atoms with van der Waals surface area (Å²) in [6, 6.07) is 6.38. The molecule has 1 aliphatic rings. The van der Waals surface area contributed by atoms with Crippen molar-refractivity contribution in [3.8, 4) is 0 Å². The molecule has 5 nitrogen and oxygen atoms in total. The topological polar surface area (TPSA) is 64.2 Å². The molecule has 2 N–H and O–H groups in total. The molecule has 21 heavy (non-hydrogen) atoms. The Labute approximate surface area is 128 Å². The third-order valence-electron chi connectivity index (χ3n) is 3.65. The number of nitrogens with zero attached hydrogens (tertiary/aromatic N) is 3. The van der Waals surface area contributed by atoms with E-state index in [1.807, 2.05) is 11.8 Å². The van der Waals surface area contributed by atoms with Gasteiger partial charge in [-0.3, -0.25) is 4.79 Å². The molecule has 0 bridgehead atoms. The molecule has 1 amide bonds. The molecule has 0 radical (unpaired) electrons. The van der Waals surface area contributed by atoms with Crippen LogP contribution in [-0.4, -0.2) is 26.6 Å². The number of thiophene rings is 1. The zero-order valence-corrected chi connectivity index (χ0v) is 13.2. The van der Waals surface area contributed by atoms with Gasteiger partial charge in [0, 0.05) is 21.9 Å². The maximum Gasteiger partial charge on any atom is 0.244 e. The van der Waals surface area contributed by atoms with Crippen molar-refractivity contribution in [2.24, 2.45) is 0 Å². The first kappa shape index (κ1) is 14.1. The molecule has 0 spiro atoms. The molecule has 1 saturated carbocycles. The van der Waals surface area contributed by atoms with Crippen LogP contribution in [0, 0.1) is 13.8 Å². The molecule has 0 aromatic carbocycles. The van der Waals surface area contributed by atoms with E-state index in [1.54, 1.807) is 22.1 Å². The number of hydrogen-bond acceptors (Lipinski definition) is 4. The van der Waals surface area contributed by atoms with Crippen LogP contribution in [0.4, 0.5) is 5.82 Å². The van der Waals surface area contributed by atoms with Crippen LogP contribution in [0.5, 0.6) is 0 Å². The average molecular weight is 304 g/mol. The number of anilines is 1. The molecular weight excluding hydrogens is 284 g/mol. The number of nitrogen functional groups attached to an aromatic ring is 1. The zero-order valence-electron chi connectivity index (χ0n) is 12.4. The van der Waals surface area contributed by atoms with Crippen molar-refractivity contribution in [2.45, 2.75) is 45.8 Å². The highest BCUT2D eigenvalue weighted by Crippen LogP contribution is 2.30. The van der Waals surface area contributed by atoms with Gasteiger partial charge in [-0.05, 0) is 38.8 Å². The molecule has 2 heterocycles. The van der Waals surface area contributed by atoms with Gasteiger partial charge in [0.15, 0.2) is 0 Å². The van der Waals surface area contributed by atoms with Crippen LogP contribution in [0.1, 0.15) is 28.3 Å². The molecule has 3 rings (SSSR count). The molecule has 0 aliphatic heterocycles. The maximum absolute atomic E-state index is 12.6. The van der Waals surface area contributed by atoms with Crippen LogP contribution >= 0.6 is 11.3 Å². The summed E-state index contributed by atoms with van der Waals surface area (Å²) in [6.07, 6.45) is 2.20. The highest BCUT2D eigenvalue weighted by molar-refractivity contribution is 7.11. The Hall–Kier alpha value is -1.82. The zero-order chi connectivity index (χ0) is 15.0. The molecular formula is C15H20N4OS. The van der Waals surface area contributed by atoms with Crippen LogP contribution in [-0.2, 0) is 17.9 Å². The Morgan fingerprint density at radius 2 is 2.24 bits per heavy atom. The van der Waals surface area contributed by atoms with Crippen molar-refractivity contribution in [1.82, 2.24) is 14.7 Å². The lowest BCUT2D eigenvalue weighted by molar-refractivity contribution is -0.133. The molecule has 0 atom stereocenters. The Balaban J connectivity index is 1.71. The van der Waals surface area contributed by atoms with Crippen molar-refractivity contribution in [1.29, 1.82) is 0 Å². The monoisotopic (exact) mass is 304 g/mol. The van der Waals surface area contributed by atoms with E-state index < -0.39 is 0 Å². The van der Waals surface area contributed by atoms with E-state index in [9.17, 15) is 4.79 Å². The number of aryl methyl sites for hydroxylation is 2. The van der Waals surface area contributed by atoms with Gasteiger partial charge >= 0.3 is 0 Å². The minimum Gasteiger partial charge on any atom is -0.384 e. The van der Waals surface area contributed by atoms with Gasteiger partial charge in [0.25, 0.3) is 0 Å². The van der Waals surface area contributed by atoms with Crippen LogP contribution in [0.2, 0.25) is 0 Å². The van der Waals surface area contributed by atoms with Crippen LogP contribution < -0.4 is 5.73 Å². The maximum atomic E-state index is 12.6. The molecule has 1 aliphatic carbocycles. The summed E-state index contributed by atoms with van der Waals surface area (Å²) in [4.78, 5) is 17.1. The fourth-order valence-electron chi connectivity index (χ4n) is 2.46. The fraction of sp³-hybridized carbons (Fsp3) is 0.467. The van der Waals surface area contributed by atoms with Gasteiger partial charge in [-0.15, -0.1) is 11.3 Å². The van der Waals surface area contributed by atoms with Gasteiger partial charge in [-0.1, -0.05) is 0 Å². The van der Waals surface area contributed by atoms with E-state index in [0.29, 0.717) is 18.4 Å². The lowest BCUT2D eigenvalue weighted by atomic mass is 10.3. The summed E-state index contributed by atoms with van der Waals surface area (Å²) in [5, 5.41) is 4.27. The lowest BCUT2D eigenvalue weighted by Gasteiger charge is -2.22. The van der Waals surface area contributed by atoms with Gasteiger partial charge in [0.2, 0.25) is 5.91 Å². The van der Waals surface area contributed by atoms with Gasteiger partial charge in [0.1, 0.15) is 12.4 Å². The predicted molar refractivity (Wildman–Crippen MR) is 84.0 cm³/mol. The van der Waals surface area contributed by atoms with Crippen LogP contribution in [0.15, 0.2) is 18.2 Å². The number of carbonyl (C=O) groups excluding carboxylic acids is 1. The third-order valence-corrected chi connectivity index (χ3v) is 4.63. The molecule has 6 heteroatoms. The SMILES string of the molecule is Cc1cc(N)n(CC(=O)N(Cc2ccc(C)s2)C2CC2)n1. The number of carbonyl (C=O) groups is 1. The second kappa shape index (κ2) is 5.52. The first-order valence-electron chi connectivity index (χ1n) is 7.17. The van der Waals surface area contributed by atoms with E-state index in [4.69, 9.17) is 5.73 Å². The number of rotatable bonds is 5. The van der Waals surface area contributed by atoms with Crippen LogP contribution in [0.3, 0.4) is 0 Å². The summed E-state index contributed by atoms with van der Waals surface area (Å²) in [5.74, 6) is 0.641. The largest absolute Gasteiger partial charge is 0.384 e. The van der Waals surface area contributed by atoms with Crippen molar-refractivity contribution in [3.05, 3.63) is 33.6 Å². The van der Waals surface area contributed by atoms with Gasteiger partial charge in [-0.2, -0.15) is 5.10 Å². The first-order chi connectivity index (χ1) is 10.0. The molecule has 2 aromatic rings. The molecule has 1 fully saturated rings. The summed E-state index contributed by atoms with van der Waals surface area (Å²) in [5.41, 5.74) is 6.71. The number of nitrogens with two attached hydrogens (primary N) is 1. The second-order valence-electron chi connectivity index (χ2n) is 5.63. The van der Waals surface area contributed by atoms with Gasteiger partial charge in [-0.25, -0.2) is 4.68 Å². The minimum absolute atomic E-state index is 0.0957. The summed E-state index contributed by atoms with van der Waals surface area (Å²) in [7, 11) is 0. The highest BCUT2D eigenvalue weighted by Gasteiger charge is 2.33. The van der Waals surface area contributed by atoms with Crippen molar-refractivity contribution >= 4 is 23.1 Å². The summed E-state index contributed by atoms with van der Waals surface area (Å²) in [6.45, 7) is 4.89. The highest BCUT2D eigenvalue weighted by atomic mass is 32.1. The minimum atomic E-state index is 0.0957. The second-order valence-corrected chi connectivity index (χ2v) is 7.01. The molecule has 0 saturated heterocycles. The van der Waals surface area contributed by atoms with E-state index in [0.717, 1.165) is 18.5 Å². The summed E-state index contributed by atoms with van der Waals surface area (Å²) < 4.78 is 1.59. The van der Waals surface area contributed by atoms with Crippen LogP contribution in [0.25, 0.3) is 0 Å². The predicted octanol–water partition coefficient (Wildman–Crippen LogP) is 2.33. The quantitative estimate of drug-likeness (QED) is 0.922. The Morgan fingerprint density at radius 1 is 1.48 bits per heavy atom. The Kier molecular flexibility index (Phi) is 3.71. The number of hydrogen-bond donors (Lipinski definition) is 1. The van der Waals surface area contributed by atoms with Gasteiger partial charge < -0.3 is 10.6 Å². The van der Waals surface area contributed by atoms with E-state index in [1.165, 1.54) is 9.75 Å². The third kappa shape index (κ3) is 3.26. The smallest absolute Gasteiger partial charge is 0.244 e. The summed E-state index contributed by atoms with van der Waals surface area (Å²) >= 11 is 1.75. The van der Waals surface area contributed by atoms with Gasteiger partial charge in [0.05, 0.1) is 12.2 Å². The molecule has 0 unspecified atom stereocenters. The Morgan fingerprint density at radius 3 is 2.76 bits per heavy atom. The molecule has 112 valence electrons. The van der Waals surface area contributed by atoms with Crippen molar-refractivity contribution in [3.63, 3.8) is 0 Å². The van der Waals surface area contributed by atoms with Crippen molar-refractivity contribution in [2.75, 3.05) is 5.73 Å². The number of amides is 1. The average Bonchev–Trinajstić information content (AvgIpc) is 3.10. The number of aromatic nitrogens is 2. The standard InChI is InChI=1S/C15H20N4OS/c1-10-7-14(16)19(17-10)9-15(20)18(12-4-5-12)8-13-6-3-11(2)21-13/h3,6-7,12H,4-5,8-9,16H2,1-2H3. The lowest BCUT2D eigenvalue weighted by Crippen LogP contribution is -2.35. The van der Waals surface area contributed by atoms with Crippen molar-refractivity contribution < 1.29 is 4.79 Å². The van der Waals surface area contributed by atoms with E-state index in [-0.39, 0.29) is 12.5 Å². The Bertz CT molecular complexity index is 656. The molecule has 2 aromatic heterocycles. The van der Waals surface area contributed by atoms with E-state index in [2.05, 4.69) is 24.2 Å². The van der Waals surface area contributed by atoms with E-state index >= 15 is 0 Å². The first-order valence-corrected chi connectivity index (χ1v) is 7.99. The fourth-order valence-corrected chi connectivity index (χ4v) is 3.35.